The summed E-state index contributed by atoms with van der Waals surface area (Å²) < 4.78 is 2.28. The van der Waals surface area contributed by atoms with Crippen molar-refractivity contribution in [3.63, 3.8) is 0 Å². The number of rotatable bonds is 1. The minimum atomic E-state index is 0.598. The van der Waals surface area contributed by atoms with Crippen molar-refractivity contribution >= 4 is 10.9 Å². The molecule has 0 aliphatic carbocycles. The van der Waals surface area contributed by atoms with Gasteiger partial charge in [-0.2, -0.15) is 0 Å². The number of para-hydroxylation sites is 1. The van der Waals surface area contributed by atoms with Crippen LogP contribution < -0.4 is 5.32 Å². The Kier molecular flexibility index (Phi) is 1.50. The van der Waals surface area contributed by atoms with E-state index in [0.717, 1.165) is 6.54 Å². The molecule has 1 aromatic carbocycles. The average Bonchev–Trinajstić information content (AvgIpc) is 2.99. The fraction of sp³-hybridized carbons (Fsp3) is 0.333. The predicted octanol–water partition coefficient (Wildman–Crippen LogP) is 2.13. The zero-order valence-corrected chi connectivity index (χ0v) is 8.54. The van der Waals surface area contributed by atoms with Crippen LogP contribution in [0.3, 0.4) is 0 Å². The molecule has 2 heteroatoms. The number of nitrogens with one attached hydrogen (secondary N) is 1. The molecule has 1 N–H and O–H groups in total. The fourth-order valence-corrected chi connectivity index (χ4v) is 2.25. The first-order chi connectivity index (χ1) is 6.79. The second kappa shape index (κ2) is 2.61. The van der Waals surface area contributed by atoms with Crippen LogP contribution in [0.15, 0.2) is 24.3 Å². The van der Waals surface area contributed by atoms with Crippen LogP contribution in [0.2, 0.25) is 0 Å². The van der Waals surface area contributed by atoms with E-state index in [1.165, 1.54) is 22.2 Å². The normalized spacial score (nSPS) is 20.3. The van der Waals surface area contributed by atoms with Gasteiger partial charge < -0.3 is 9.88 Å². The highest BCUT2D eigenvalue weighted by molar-refractivity contribution is 5.86. The van der Waals surface area contributed by atoms with Gasteiger partial charge in [-0.15, -0.1) is 0 Å². The Morgan fingerprint density at radius 1 is 1.36 bits per heavy atom. The minimum Gasteiger partial charge on any atom is -0.348 e. The number of hydrogen-bond donors (Lipinski definition) is 1. The largest absolute Gasteiger partial charge is 0.348 e. The van der Waals surface area contributed by atoms with Gasteiger partial charge >= 0.3 is 0 Å². The summed E-state index contributed by atoms with van der Waals surface area (Å²) in [5.41, 5.74) is 4.22. The molecule has 2 nitrogen and oxygen atoms in total. The van der Waals surface area contributed by atoms with Crippen LogP contribution in [0.4, 0.5) is 0 Å². The van der Waals surface area contributed by atoms with Crippen molar-refractivity contribution in [2.75, 3.05) is 6.54 Å². The Bertz CT molecular complexity index is 492. The molecule has 14 heavy (non-hydrogen) atoms. The summed E-state index contributed by atoms with van der Waals surface area (Å²) >= 11 is 0. The van der Waals surface area contributed by atoms with Gasteiger partial charge in [0.15, 0.2) is 0 Å². The topological polar surface area (TPSA) is 26.9 Å². The molecule has 0 amide bonds. The van der Waals surface area contributed by atoms with E-state index >= 15 is 0 Å². The molecule has 1 fully saturated rings. The van der Waals surface area contributed by atoms with Crippen LogP contribution >= 0.6 is 0 Å². The van der Waals surface area contributed by atoms with Crippen LogP contribution in [0, 0.1) is 6.92 Å². The molecule has 1 atom stereocenters. The molecule has 1 aliphatic heterocycles. The first-order valence-electron chi connectivity index (χ1n) is 5.06. The zero-order chi connectivity index (χ0) is 9.71. The average molecular weight is 186 g/mol. The third-order valence-electron chi connectivity index (χ3n) is 3.21. The molecule has 3 rings (SSSR count). The molecule has 0 bridgehead atoms. The van der Waals surface area contributed by atoms with Gasteiger partial charge in [0, 0.05) is 36.2 Å². The van der Waals surface area contributed by atoms with Crippen molar-refractivity contribution in [3.8, 4) is 0 Å². The number of hydrogen-bond acceptors (Lipinski definition) is 1. The third kappa shape index (κ3) is 0.946. The Balaban J connectivity index is 2.40. The lowest BCUT2D eigenvalue weighted by Gasteiger charge is -1.98. The van der Waals surface area contributed by atoms with E-state index in [-0.39, 0.29) is 0 Å². The second-order valence-electron chi connectivity index (χ2n) is 4.04. The number of nitrogens with zero attached hydrogens (tertiary/aromatic N) is 1. The van der Waals surface area contributed by atoms with Crippen LogP contribution in [0.1, 0.15) is 17.3 Å². The predicted molar refractivity (Wildman–Crippen MR) is 58.4 cm³/mol. The summed E-state index contributed by atoms with van der Waals surface area (Å²) in [5, 5.41) is 4.79. The summed E-state index contributed by atoms with van der Waals surface area (Å²) in [7, 11) is 2.14. The lowest BCUT2D eigenvalue weighted by molar-refractivity contribution is 0.894. The maximum Gasteiger partial charge on any atom is 0.0483 e. The summed E-state index contributed by atoms with van der Waals surface area (Å²) in [6.07, 6.45) is 0. The maximum absolute atomic E-state index is 3.38. The van der Waals surface area contributed by atoms with Crippen molar-refractivity contribution in [1.29, 1.82) is 0 Å². The molecule has 72 valence electrons. The van der Waals surface area contributed by atoms with Crippen LogP contribution in [0.25, 0.3) is 10.9 Å². The maximum atomic E-state index is 3.38. The lowest BCUT2D eigenvalue weighted by atomic mass is 10.1. The SMILES string of the molecule is Cc1c([C@H]2CN2)c2ccccc2n1C. The molecule has 2 heterocycles. The fourth-order valence-electron chi connectivity index (χ4n) is 2.25. The molecule has 0 spiro atoms. The second-order valence-corrected chi connectivity index (χ2v) is 4.04. The lowest BCUT2D eigenvalue weighted by Crippen LogP contribution is -1.92. The summed E-state index contributed by atoms with van der Waals surface area (Å²) in [6.45, 7) is 3.34. The monoisotopic (exact) mass is 186 g/mol. The van der Waals surface area contributed by atoms with Gasteiger partial charge in [-0.1, -0.05) is 18.2 Å². The van der Waals surface area contributed by atoms with Crippen molar-refractivity contribution < 1.29 is 0 Å². The van der Waals surface area contributed by atoms with E-state index in [0.29, 0.717) is 6.04 Å². The van der Waals surface area contributed by atoms with Gasteiger partial charge in [-0.05, 0) is 18.6 Å². The first-order valence-corrected chi connectivity index (χ1v) is 5.06. The Labute approximate surface area is 83.5 Å². The highest BCUT2D eigenvalue weighted by Gasteiger charge is 2.28. The van der Waals surface area contributed by atoms with Crippen LogP contribution in [-0.4, -0.2) is 11.1 Å². The smallest absolute Gasteiger partial charge is 0.0483 e. The summed E-state index contributed by atoms with van der Waals surface area (Å²) in [6, 6.07) is 9.23. The number of aryl methyl sites for hydroxylation is 1. The van der Waals surface area contributed by atoms with Gasteiger partial charge in [0.05, 0.1) is 0 Å². The zero-order valence-electron chi connectivity index (χ0n) is 8.54. The van der Waals surface area contributed by atoms with E-state index in [9.17, 15) is 0 Å². The number of aromatic nitrogens is 1. The molecular formula is C12H14N2. The molecule has 2 aromatic rings. The van der Waals surface area contributed by atoms with E-state index in [1.54, 1.807) is 0 Å². The van der Waals surface area contributed by atoms with E-state index in [2.05, 4.69) is 48.1 Å². The first kappa shape index (κ1) is 8.06. The van der Waals surface area contributed by atoms with Crippen LogP contribution in [-0.2, 0) is 7.05 Å². The molecule has 1 saturated heterocycles. The van der Waals surface area contributed by atoms with Crippen molar-refractivity contribution in [2.24, 2.45) is 7.05 Å². The van der Waals surface area contributed by atoms with Crippen molar-refractivity contribution in [2.45, 2.75) is 13.0 Å². The van der Waals surface area contributed by atoms with Gasteiger partial charge in [0.1, 0.15) is 0 Å². The van der Waals surface area contributed by atoms with E-state index < -0.39 is 0 Å². The Morgan fingerprint density at radius 2 is 2.07 bits per heavy atom. The molecule has 0 radical (unpaired) electrons. The molecule has 0 saturated carbocycles. The molecular weight excluding hydrogens is 172 g/mol. The van der Waals surface area contributed by atoms with Gasteiger partial charge in [-0.3, -0.25) is 0 Å². The highest BCUT2D eigenvalue weighted by Crippen LogP contribution is 2.33. The third-order valence-corrected chi connectivity index (χ3v) is 3.21. The number of benzene rings is 1. The molecule has 1 aliphatic rings. The van der Waals surface area contributed by atoms with Crippen molar-refractivity contribution in [3.05, 3.63) is 35.5 Å². The number of fused-ring (bicyclic) bond motifs is 1. The van der Waals surface area contributed by atoms with E-state index in [1.807, 2.05) is 0 Å². The summed E-state index contributed by atoms with van der Waals surface area (Å²) in [4.78, 5) is 0. The van der Waals surface area contributed by atoms with Gasteiger partial charge in [0.25, 0.3) is 0 Å². The van der Waals surface area contributed by atoms with Crippen molar-refractivity contribution in [1.82, 2.24) is 9.88 Å². The quantitative estimate of drug-likeness (QED) is 0.679. The van der Waals surface area contributed by atoms with Gasteiger partial charge in [0.2, 0.25) is 0 Å². The summed E-state index contributed by atoms with van der Waals surface area (Å²) in [5.74, 6) is 0. The Morgan fingerprint density at radius 3 is 2.79 bits per heavy atom. The molecule has 1 aromatic heterocycles. The van der Waals surface area contributed by atoms with Crippen LogP contribution in [0.5, 0.6) is 0 Å². The highest BCUT2D eigenvalue weighted by atomic mass is 15.1. The standard InChI is InChI=1S/C12H14N2/c1-8-12(10-7-13-10)9-5-3-4-6-11(9)14(8)2/h3-6,10,13H,7H2,1-2H3/t10-/m1/s1. The Hall–Kier alpha value is -1.28. The molecule has 0 unspecified atom stereocenters. The minimum absolute atomic E-state index is 0.598. The van der Waals surface area contributed by atoms with Gasteiger partial charge in [-0.25, -0.2) is 0 Å². The van der Waals surface area contributed by atoms with E-state index in [4.69, 9.17) is 0 Å².